The van der Waals surface area contributed by atoms with Gasteiger partial charge in [0.15, 0.2) is 0 Å². The predicted molar refractivity (Wildman–Crippen MR) is 52.9 cm³/mol. The van der Waals surface area contributed by atoms with E-state index < -0.39 is 4.92 Å². The summed E-state index contributed by atoms with van der Waals surface area (Å²) < 4.78 is 0. The molecule has 1 aromatic carbocycles. The van der Waals surface area contributed by atoms with Crippen molar-refractivity contribution in [1.82, 2.24) is 0 Å². The third-order valence-corrected chi connectivity index (χ3v) is 1.84. The first-order chi connectivity index (χ1) is 6.56. The van der Waals surface area contributed by atoms with Crippen LogP contribution in [0.2, 0.25) is 0 Å². The van der Waals surface area contributed by atoms with Gasteiger partial charge in [-0.15, -0.1) is 0 Å². The predicted octanol–water partition coefficient (Wildman–Crippen LogP) is 1.17. The van der Waals surface area contributed by atoms with E-state index in [1.54, 1.807) is 7.05 Å². The van der Waals surface area contributed by atoms with Gasteiger partial charge in [0.25, 0.3) is 5.69 Å². The molecule has 6 nitrogen and oxygen atoms in total. The Morgan fingerprint density at radius 1 is 1.57 bits per heavy atom. The normalized spacial score (nSPS) is 9.86. The largest absolute Gasteiger partial charge is 0.397 e. The molecule has 0 bridgehead atoms. The number of benzene rings is 1. The van der Waals surface area contributed by atoms with Gasteiger partial charge in [-0.05, 0) is 6.07 Å². The smallest absolute Gasteiger partial charge is 0.271 e. The number of nitro groups is 1. The number of rotatable bonds is 3. The SMILES string of the molecule is CON(C)c1ccc([N+](=O)[O-])cc1N. The van der Waals surface area contributed by atoms with Crippen molar-refractivity contribution in [2.75, 3.05) is 25.0 Å². The fourth-order valence-electron chi connectivity index (χ4n) is 1.04. The first-order valence-corrected chi connectivity index (χ1v) is 3.88. The highest BCUT2D eigenvalue weighted by Crippen LogP contribution is 2.26. The minimum atomic E-state index is -0.493. The van der Waals surface area contributed by atoms with Gasteiger partial charge in [0.1, 0.15) is 0 Å². The van der Waals surface area contributed by atoms with Gasteiger partial charge in [0, 0.05) is 19.2 Å². The molecule has 0 aliphatic carbocycles. The Morgan fingerprint density at radius 2 is 2.21 bits per heavy atom. The van der Waals surface area contributed by atoms with E-state index in [9.17, 15) is 10.1 Å². The summed E-state index contributed by atoms with van der Waals surface area (Å²) in [5.74, 6) is 0. The Kier molecular flexibility index (Phi) is 2.88. The second-order valence-electron chi connectivity index (χ2n) is 2.68. The molecule has 2 N–H and O–H groups in total. The number of nitrogens with two attached hydrogens (primary N) is 1. The lowest BCUT2D eigenvalue weighted by atomic mass is 10.2. The van der Waals surface area contributed by atoms with E-state index in [-0.39, 0.29) is 5.69 Å². The second kappa shape index (κ2) is 3.93. The van der Waals surface area contributed by atoms with Crippen molar-refractivity contribution in [3.63, 3.8) is 0 Å². The maximum absolute atomic E-state index is 10.4. The number of nitrogen functional groups attached to an aromatic ring is 1. The van der Waals surface area contributed by atoms with Crippen LogP contribution in [0.4, 0.5) is 17.1 Å². The summed E-state index contributed by atoms with van der Waals surface area (Å²) in [6, 6.07) is 4.21. The van der Waals surface area contributed by atoms with Gasteiger partial charge in [-0.3, -0.25) is 20.0 Å². The van der Waals surface area contributed by atoms with Crippen LogP contribution in [0.25, 0.3) is 0 Å². The van der Waals surface area contributed by atoms with Crippen molar-refractivity contribution in [2.24, 2.45) is 0 Å². The molecule has 6 heteroatoms. The first-order valence-electron chi connectivity index (χ1n) is 3.88. The summed E-state index contributed by atoms with van der Waals surface area (Å²) in [5.41, 5.74) is 6.48. The van der Waals surface area contributed by atoms with Crippen molar-refractivity contribution in [2.45, 2.75) is 0 Å². The van der Waals surface area contributed by atoms with Crippen LogP contribution in [0.5, 0.6) is 0 Å². The fraction of sp³-hybridized carbons (Fsp3) is 0.250. The zero-order valence-electron chi connectivity index (χ0n) is 7.93. The Morgan fingerprint density at radius 3 is 2.64 bits per heavy atom. The summed E-state index contributed by atoms with van der Waals surface area (Å²) in [6.07, 6.45) is 0. The van der Waals surface area contributed by atoms with Gasteiger partial charge < -0.3 is 5.73 Å². The van der Waals surface area contributed by atoms with Crippen molar-refractivity contribution in [3.8, 4) is 0 Å². The molecule has 0 saturated heterocycles. The molecule has 0 spiro atoms. The molecule has 14 heavy (non-hydrogen) atoms. The van der Waals surface area contributed by atoms with E-state index in [4.69, 9.17) is 10.6 Å². The zero-order valence-corrected chi connectivity index (χ0v) is 7.93. The Balaban J connectivity index is 3.07. The number of hydrogen-bond donors (Lipinski definition) is 1. The lowest BCUT2D eigenvalue weighted by molar-refractivity contribution is -0.384. The molecule has 0 unspecified atom stereocenters. The van der Waals surface area contributed by atoms with Crippen LogP contribution < -0.4 is 10.8 Å². The molecule has 0 aliphatic heterocycles. The lowest BCUT2D eigenvalue weighted by Crippen LogP contribution is -2.16. The standard InChI is InChI=1S/C8H11N3O3/c1-10(14-2)8-4-3-6(11(12)13)5-7(8)9/h3-5H,9H2,1-2H3. The van der Waals surface area contributed by atoms with E-state index in [0.29, 0.717) is 11.4 Å². The number of hydroxylamine groups is 1. The number of non-ortho nitro benzene ring substituents is 1. The van der Waals surface area contributed by atoms with E-state index >= 15 is 0 Å². The van der Waals surface area contributed by atoms with Gasteiger partial charge in [0.2, 0.25) is 0 Å². The van der Waals surface area contributed by atoms with E-state index in [0.717, 1.165) is 0 Å². The minimum Gasteiger partial charge on any atom is -0.397 e. The van der Waals surface area contributed by atoms with Crippen LogP contribution in [-0.4, -0.2) is 19.1 Å². The van der Waals surface area contributed by atoms with Crippen molar-refractivity contribution < 1.29 is 9.76 Å². The van der Waals surface area contributed by atoms with Crippen LogP contribution in [0, 0.1) is 10.1 Å². The van der Waals surface area contributed by atoms with E-state index in [1.807, 2.05) is 0 Å². The third-order valence-electron chi connectivity index (χ3n) is 1.84. The maximum Gasteiger partial charge on any atom is 0.271 e. The van der Waals surface area contributed by atoms with Gasteiger partial charge in [-0.1, -0.05) is 0 Å². The number of nitro benzene ring substituents is 1. The van der Waals surface area contributed by atoms with Gasteiger partial charge in [0.05, 0.1) is 23.4 Å². The zero-order chi connectivity index (χ0) is 10.7. The third kappa shape index (κ3) is 1.91. The summed E-state index contributed by atoms with van der Waals surface area (Å²) >= 11 is 0. The number of anilines is 2. The highest BCUT2D eigenvalue weighted by atomic mass is 16.7. The maximum atomic E-state index is 10.4. The molecule has 0 heterocycles. The van der Waals surface area contributed by atoms with E-state index in [1.165, 1.54) is 30.4 Å². The Bertz CT molecular complexity index is 354. The van der Waals surface area contributed by atoms with Crippen LogP contribution >= 0.6 is 0 Å². The average Bonchev–Trinajstić information content (AvgIpc) is 2.16. The van der Waals surface area contributed by atoms with Crippen molar-refractivity contribution in [1.29, 1.82) is 0 Å². The van der Waals surface area contributed by atoms with Gasteiger partial charge >= 0.3 is 0 Å². The summed E-state index contributed by atoms with van der Waals surface area (Å²) in [6.45, 7) is 0. The molecule has 0 amide bonds. The quantitative estimate of drug-likeness (QED) is 0.447. The van der Waals surface area contributed by atoms with Crippen molar-refractivity contribution in [3.05, 3.63) is 28.3 Å². The van der Waals surface area contributed by atoms with Gasteiger partial charge in [-0.25, -0.2) is 0 Å². The highest BCUT2D eigenvalue weighted by molar-refractivity contribution is 5.69. The Hall–Kier alpha value is -1.82. The molecule has 0 saturated carbocycles. The van der Waals surface area contributed by atoms with Gasteiger partial charge in [-0.2, -0.15) is 0 Å². The molecular weight excluding hydrogens is 186 g/mol. The van der Waals surface area contributed by atoms with Crippen LogP contribution in [0.15, 0.2) is 18.2 Å². The second-order valence-corrected chi connectivity index (χ2v) is 2.68. The van der Waals surface area contributed by atoms with Crippen molar-refractivity contribution >= 4 is 17.1 Å². The van der Waals surface area contributed by atoms with Crippen LogP contribution in [0.3, 0.4) is 0 Å². The molecule has 0 atom stereocenters. The fourth-order valence-corrected chi connectivity index (χ4v) is 1.04. The summed E-state index contributed by atoms with van der Waals surface area (Å²) in [7, 11) is 3.15. The van der Waals surface area contributed by atoms with E-state index in [2.05, 4.69) is 0 Å². The molecule has 0 fully saturated rings. The average molecular weight is 197 g/mol. The highest BCUT2D eigenvalue weighted by Gasteiger charge is 2.10. The molecule has 0 aliphatic rings. The first kappa shape index (κ1) is 10.3. The Labute approximate surface area is 81.0 Å². The molecule has 76 valence electrons. The summed E-state index contributed by atoms with van der Waals surface area (Å²) in [4.78, 5) is 14.8. The number of hydrogen-bond acceptors (Lipinski definition) is 5. The lowest BCUT2D eigenvalue weighted by Gasteiger charge is -2.17. The molecule has 1 rings (SSSR count). The van der Waals surface area contributed by atoms with Crippen LogP contribution in [-0.2, 0) is 4.84 Å². The molecule has 0 radical (unpaired) electrons. The topological polar surface area (TPSA) is 81.6 Å². The van der Waals surface area contributed by atoms with Crippen LogP contribution in [0.1, 0.15) is 0 Å². The minimum absolute atomic E-state index is 0.0317. The molecule has 1 aromatic rings. The monoisotopic (exact) mass is 197 g/mol. The number of nitrogens with zero attached hydrogens (tertiary/aromatic N) is 2. The summed E-state index contributed by atoms with van der Waals surface area (Å²) in [5, 5.41) is 11.8. The molecular formula is C8H11N3O3. The molecule has 0 aromatic heterocycles.